The number of amides is 1. The summed E-state index contributed by atoms with van der Waals surface area (Å²) in [4.78, 5) is 14.3. The van der Waals surface area contributed by atoms with E-state index in [0.717, 1.165) is 51.7 Å². The van der Waals surface area contributed by atoms with E-state index in [1.807, 2.05) is 30.1 Å². The summed E-state index contributed by atoms with van der Waals surface area (Å²) in [6, 6.07) is 12.7. The summed E-state index contributed by atoms with van der Waals surface area (Å²) in [5.74, 6) is 0.0160. The Kier molecular flexibility index (Phi) is 6.23. The second-order valence-electron chi connectivity index (χ2n) is 6.85. The maximum atomic E-state index is 12.5. The molecule has 2 aromatic rings. The van der Waals surface area contributed by atoms with Crippen LogP contribution in [-0.4, -0.2) is 47.3 Å². The van der Waals surface area contributed by atoms with Gasteiger partial charge in [-0.3, -0.25) is 9.48 Å². The van der Waals surface area contributed by atoms with Crippen LogP contribution in [0.1, 0.15) is 47.8 Å². The van der Waals surface area contributed by atoms with Gasteiger partial charge in [-0.05, 0) is 50.3 Å². The average Bonchev–Trinajstić information content (AvgIpc) is 3.16. The van der Waals surface area contributed by atoms with Crippen LogP contribution in [0.15, 0.2) is 42.6 Å². The third-order valence-electron chi connectivity index (χ3n) is 4.87. The molecule has 1 atom stereocenters. The maximum absolute atomic E-state index is 12.5. The van der Waals surface area contributed by atoms with E-state index in [-0.39, 0.29) is 5.91 Å². The normalized spacial score (nSPS) is 17.4. The third kappa shape index (κ3) is 4.92. The zero-order chi connectivity index (χ0) is 17.5. The molecule has 1 aliphatic rings. The van der Waals surface area contributed by atoms with E-state index in [1.54, 1.807) is 4.90 Å². The number of carbonyl (C=O) groups is 1. The van der Waals surface area contributed by atoms with Crippen molar-refractivity contribution in [1.82, 2.24) is 20.0 Å². The highest BCUT2D eigenvalue weighted by Crippen LogP contribution is 2.16. The van der Waals surface area contributed by atoms with Gasteiger partial charge in [-0.25, -0.2) is 0 Å². The first-order valence-electron chi connectivity index (χ1n) is 9.29. The fourth-order valence-electron chi connectivity index (χ4n) is 3.33. The van der Waals surface area contributed by atoms with Crippen LogP contribution >= 0.6 is 0 Å². The Morgan fingerprint density at radius 2 is 2.12 bits per heavy atom. The molecule has 1 aromatic heterocycles. The summed E-state index contributed by atoms with van der Waals surface area (Å²) < 4.78 is 1.95. The summed E-state index contributed by atoms with van der Waals surface area (Å²) in [6.45, 7) is 2.78. The first-order valence-corrected chi connectivity index (χ1v) is 9.29. The number of aromatic nitrogens is 2. The van der Waals surface area contributed by atoms with Gasteiger partial charge in [0.25, 0.3) is 5.91 Å². The molecule has 2 heterocycles. The van der Waals surface area contributed by atoms with Crippen LogP contribution in [0.4, 0.5) is 0 Å². The molecule has 134 valence electrons. The van der Waals surface area contributed by atoms with E-state index in [1.165, 1.54) is 5.56 Å². The van der Waals surface area contributed by atoms with Crippen molar-refractivity contribution in [2.24, 2.45) is 0 Å². The molecule has 1 aromatic carbocycles. The standard InChI is InChI=1S/C20H28N4O/c1-23(14-6-5-10-17-8-3-2-4-9-17)20(25)19-12-15-24(22-19)18-11-7-13-21-16-18/h2-4,8-9,12,15,18,21H,5-7,10-11,13-14,16H2,1H3. The van der Waals surface area contributed by atoms with E-state index in [0.29, 0.717) is 11.7 Å². The minimum Gasteiger partial charge on any atom is -0.340 e. The summed E-state index contributed by atoms with van der Waals surface area (Å²) in [7, 11) is 1.87. The fraction of sp³-hybridized carbons (Fsp3) is 0.500. The average molecular weight is 340 g/mol. The van der Waals surface area contributed by atoms with Gasteiger partial charge in [0, 0.05) is 26.3 Å². The molecular formula is C20H28N4O. The Morgan fingerprint density at radius 3 is 2.88 bits per heavy atom. The van der Waals surface area contributed by atoms with E-state index >= 15 is 0 Å². The number of rotatable bonds is 7. The van der Waals surface area contributed by atoms with E-state index in [4.69, 9.17) is 0 Å². The van der Waals surface area contributed by atoms with E-state index in [9.17, 15) is 4.79 Å². The van der Waals surface area contributed by atoms with Crippen LogP contribution in [0.2, 0.25) is 0 Å². The van der Waals surface area contributed by atoms with Crippen LogP contribution in [0, 0.1) is 0 Å². The predicted octanol–water partition coefficient (Wildman–Crippen LogP) is 2.90. The molecule has 0 saturated carbocycles. The van der Waals surface area contributed by atoms with Crippen molar-refractivity contribution in [2.75, 3.05) is 26.7 Å². The Morgan fingerprint density at radius 1 is 1.28 bits per heavy atom. The maximum Gasteiger partial charge on any atom is 0.274 e. The summed E-state index contributed by atoms with van der Waals surface area (Å²) in [5, 5.41) is 7.90. The molecule has 1 aliphatic heterocycles. The van der Waals surface area contributed by atoms with Crippen molar-refractivity contribution in [3.05, 3.63) is 53.9 Å². The van der Waals surface area contributed by atoms with Gasteiger partial charge in [-0.15, -0.1) is 0 Å². The quantitative estimate of drug-likeness (QED) is 0.789. The van der Waals surface area contributed by atoms with Crippen molar-refractivity contribution >= 4 is 5.91 Å². The van der Waals surface area contributed by atoms with E-state index < -0.39 is 0 Å². The number of nitrogens with one attached hydrogen (secondary N) is 1. The lowest BCUT2D eigenvalue weighted by Crippen LogP contribution is -2.32. The lowest BCUT2D eigenvalue weighted by atomic mass is 10.1. The van der Waals surface area contributed by atoms with Gasteiger partial charge in [0.2, 0.25) is 0 Å². The third-order valence-corrected chi connectivity index (χ3v) is 4.87. The van der Waals surface area contributed by atoms with Gasteiger partial charge in [0.15, 0.2) is 0 Å². The van der Waals surface area contributed by atoms with Crippen LogP contribution in [0.5, 0.6) is 0 Å². The van der Waals surface area contributed by atoms with Crippen LogP contribution in [0.25, 0.3) is 0 Å². The van der Waals surface area contributed by atoms with Crippen LogP contribution in [0.3, 0.4) is 0 Å². The second-order valence-corrected chi connectivity index (χ2v) is 6.85. The molecule has 3 rings (SSSR count). The molecule has 25 heavy (non-hydrogen) atoms. The molecule has 5 heteroatoms. The van der Waals surface area contributed by atoms with Gasteiger partial charge in [-0.1, -0.05) is 30.3 Å². The number of nitrogens with zero attached hydrogens (tertiary/aromatic N) is 3. The number of carbonyl (C=O) groups excluding carboxylic acids is 1. The highest BCUT2D eigenvalue weighted by molar-refractivity contribution is 5.91. The number of unbranched alkanes of at least 4 members (excludes halogenated alkanes) is 1. The number of piperidine rings is 1. The molecule has 5 nitrogen and oxygen atoms in total. The molecule has 1 unspecified atom stereocenters. The van der Waals surface area contributed by atoms with Crippen LogP contribution < -0.4 is 5.32 Å². The van der Waals surface area contributed by atoms with Gasteiger partial charge < -0.3 is 10.2 Å². The summed E-state index contributed by atoms with van der Waals surface area (Å²) in [6.07, 6.45) is 7.38. The van der Waals surface area contributed by atoms with Crippen LogP contribution in [-0.2, 0) is 6.42 Å². The van der Waals surface area contributed by atoms with Crippen molar-refractivity contribution in [3.63, 3.8) is 0 Å². The predicted molar refractivity (Wildman–Crippen MR) is 99.7 cm³/mol. The van der Waals surface area contributed by atoms with Crippen molar-refractivity contribution in [1.29, 1.82) is 0 Å². The fourth-order valence-corrected chi connectivity index (χ4v) is 3.33. The van der Waals surface area contributed by atoms with Crippen molar-refractivity contribution in [2.45, 2.75) is 38.1 Å². The van der Waals surface area contributed by atoms with Gasteiger partial charge >= 0.3 is 0 Å². The largest absolute Gasteiger partial charge is 0.340 e. The molecule has 0 bridgehead atoms. The van der Waals surface area contributed by atoms with Crippen molar-refractivity contribution in [3.8, 4) is 0 Å². The molecule has 1 fully saturated rings. The smallest absolute Gasteiger partial charge is 0.274 e. The first-order chi connectivity index (χ1) is 12.2. The number of benzene rings is 1. The summed E-state index contributed by atoms with van der Waals surface area (Å²) >= 11 is 0. The zero-order valence-corrected chi connectivity index (χ0v) is 15.0. The molecule has 1 saturated heterocycles. The topological polar surface area (TPSA) is 50.2 Å². The summed E-state index contributed by atoms with van der Waals surface area (Å²) in [5.41, 5.74) is 1.91. The first kappa shape index (κ1) is 17.7. The highest BCUT2D eigenvalue weighted by Gasteiger charge is 2.19. The Hall–Kier alpha value is -2.14. The lowest BCUT2D eigenvalue weighted by Gasteiger charge is -2.23. The lowest BCUT2D eigenvalue weighted by molar-refractivity contribution is 0.0785. The molecule has 1 amide bonds. The molecule has 0 spiro atoms. The van der Waals surface area contributed by atoms with E-state index in [2.05, 4.69) is 34.7 Å². The van der Waals surface area contributed by atoms with Gasteiger partial charge in [0.1, 0.15) is 5.69 Å². The molecule has 0 aliphatic carbocycles. The molecule has 1 N–H and O–H groups in total. The van der Waals surface area contributed by atoms with Gasteiger partial charge in [-0.2, -0.15) is 5.10 Å². The SMILES string of the molecule is CN(CCCCc1ccccc1)C(=O)c1ccn(C2CCCNC2)n1. The minimum atomic E-state index is 0.0160. The highest BCUT2D eigenvalue weighted by atomic mass is 16.2. The second kappa shape index (κ2) is 8.81. The Bertz CT molecular complexity index is 661. The zero-order valence-electron chi connectivity index (χ0n) is 15.0. The van der Waals surface area contributed by atoms with Gasteiger partial charge in [0.05, 0.1) is 6.04 Å². The monoisotopic (exact) mass is 340 g/mol. The number of hydrogen-bond donors (Lipinski definition) is 1. The Balaban J connectivity index is 1.44. The molecule has 0 radical (unpaired) electrons. The Labute approximate surface area is 150 Å². The van der Waals surface area contributed by atoms with Crippen molar-refractivity contribution < 1.29 is 4.79 Å². The number of aryl methyl sites for hydroxylation is 1. The minimum absolute atomic E-state index is 0.0160. The number of hydrogen-bond acceptors (Lipinski definition) is 3. The molecular weight excluding hydrogens is 312 g/mol.